The van der Waals surface area contributed by atoms with Crippen molar-refractivity contribution in [1.82, 2.24) is 15.2 Å². The summed E-state index contributed by atoms with van der Waals surface area (Å²) in [5, 5.41) is 23.5. The molecule has 206 valence electrons. The molecule has 1 aromatic rings. The maximum Gasteiger partial charge on any atom is 0.355 e. The average Bonchev–Trinajstić information content (AvgIpc) is 3.52. The fraction of sp³-hybridized carbons (Fsp3) is 0.500. The van der Waals surface area contributed by atoms with E-state index in [1.54, 1.807) is 37.3 Å². The van der Waals surface area contributed by atoms with Crippen LogP contribution in [0, 0.1) is 11.8 Å². The second kappa shape index (κ2) is 13.3. The number of hydrogen-bond donors (Lipinski definition) is 3. The van der Waals surface area contributed by atoms with Crippen molar-refractivity contribution in [2.24, 2.45) is 11.8 Å². The van der Waals surface area contributed by atoms with Gasteiger partial charge >= 0.3 is 5.97 Å². The van der Waals surface area contributed by atoms with Gasteiger partial charge in [0.2, 0.25) is 5.91 Å². The molecule has 2 aliphatic rings. The van der Waals surface area contributed by atoms with Gasteiger partial charge in [0, 0.05) is 25.4 Å². The van der Waals surface area contributed by atoms with E-state index in [1.807, 2.05) is 20.8 Å². The van der Waals surface area contributed by atoms with Crippen LogP contribution in [0.5, 0.6) is 0 Å². The fourth-order valence-corrected chi connectivity index (χ4v) is 4.44. The number of nitrogens with zero attached hydrogens (tertiary/aromatic N) is 2. The van der Waals surface area contributed by atoms with E-state index in [-0.39, 0.29) is 54.4 Å². The number of fused-ring (bicyclic) bond motifs is 3. The zero-order valence-corrected chi connectivity index (χ0v) is 22.3. The number of nitrogens with one attached hydrogen (secondary N) is 1. The van der Waals surface area contributed by atoms with E-state index in [4.69, 9.17) is 9.15 Å². The van der Waals surface area contributed by atoms with E-state index in [0.29, 0.717) is 13.0 Å². The summed E-state index contributed by atoms with van der Waals surface area (Å²) >= 11 is 0. The highest BCUT2D eigenvalue weighted by Crippen LogP contribution is 2.24. The third-order valence-corrected chi connectivity index (χ3v) is 6.33. The Hall–Kier alpha value is -3.50. The summed E-state index contributed by atoms with van der Waals surface area (Å²) in [7, 11) is 0. The SMILES string of the molecule is CC1=C/[C@@H](O)C[C@H](O)Cc2nc(co2)C(=O)N2CCC=C2C(=O)O[C@H](C(C)C)[C@H](C)/C=C\C(=O)NC/C=C\1. The number of aliphatic hydroxyl groups is 2. The zero-order chi connectivity index (χ0) is 27.8. The molecule has 2 amide bonds. The monoisotopic (exact) mass is 527 g/mol. The molecule has 3 rings (SSSR count). The first-order valence-electron chi connectivity index (χ1n) is 12.9. The molecule has 0 saturated heterocycles. The summed E-state index contributed by atoms with van der Waals surface area (Å²) in [4.78, 5) is 44.0. The van der Waals surface area contributed by atoms with Crippen LogP contribution in [-0.2, 0) is 20.7 Å². The second-order valence-corrected chi connectivity index (χ2v) is 10.0. The lowest BCUT2D eigenvalue weighted by Crippen LogP contribution is -2.36. The van der Waals surface area contributed by atoms with E-state index >= 15 is 0 Å². The summed E-state index contributed by atoms with van der Waals surface area (Å²) in [6.45, 7) is 8.08. The highest BCUT2D eigenvalue weighted by Gasteiger charge is 2.33. The Labute approximate surface area is 222 Å². The zero-order valence-electron chi connectivity index (χ0n) is 22.3. The van der Waals surface area contributed by atoms with Crippen LogP contribution in [0.15, 0.2) is 58.4 Å². The van der Waals surface area contributed by atoms with Gasteiger partial charge < -0.3 is 29.6 Å². The number of allylic oxidation sites excluding steroid dienone is 2. The first-order valence-corrected chi connectivity index (χ1v) is 12.9. The van der Waals surface area contributed by atoms with Gasteiger partial charge in [-0.2, -0.15) is 0 Å². The number of hydrogen-bond acceptors (Lipinski definition) is 8. The van der Waals surface area contributed by atoms with Gasteiger partial charge in [0.15, 0.2) is 11.6 Å². The third-order valence-electron chi connectivity index (χ3n) is 6.33. The number of carbonyl (C=O) groups is 3. The summed E-state index contributed by atoms with van der Waals surface area (Å²) in [6, 6.07) is 0. The van der Waals surface area contributed by atoms with Gasteiger partial charge in [-0.1, -0.05) is 56.7 Å². The quantitative estimate of drug-likeness (QED) is 0.473. The predicted octanol–water partition coefficient (Wildman–Crippen LogP) is 2.45. The van der Waals surface area contributed by atoms with Crippen LogP contribution in [0.25, 0.3) is 0 Å². The van der Waals surface area contributed by atoms with Gasteiger partial charge in [-0.3, -0.25) is 9.59 Å². The smallest absolute Gasteiger partial charge is 0.355 e. The Bertz CT molecular complexity index is 1130. The third kappa shape index (κ3) is 8.00. The van der Waals surface area contributed by atoms with E-state index in [1.165, 1.54) is 17.2 Å². The van der Waals surface area contributed by atoms with Crippen molar-refractivity contribution in [3.63, 3.8) is 0 Å². The molecule has 2 bridgehead atoms. The molecule has 10 nitrogen and oxygen atoms in total. The van der Waals surface area contributed by atoms with Crippen LogP contribution in [0.1, 0.15) is 56.9 Å². The van der Waals surface area contributed by atoms with E-state index in [0.717, 1.165) is 5.57 Å². The Kier molecular flexibility index (Phi) is 10.2. The fourth-order valence-electron chi connectivity index (χ4n) is 4.44. The molecule has 3 N–H and O–H groups in total. The minimum absolute atomic E-state index is 0.00476. The number of ether oxygens (including phenoxy) is 1. The Morgan fingerprint density at radius 1 is 1.18 bits per heavy atom. The van der Waals surface area contributed by atoms with Gasteiger partial charge in [-0.15, -0.1) is 0 Å². The highest BCUT2D eigenvalue weighted by atomic mass is 16.5. The molecule has 10 heteroatoms. The lowest BCUT2D eigenvalue weighted by Gasteiger charge is -2.27. The molecule has 1 aromatic heterocycles. The molecule has 4 atom stereocenters. The molecule has 0 spiro atoms. The van der Waals surface area contributed by atoms with Crippen molar-refractivity contribution in [2.75, 3.05) is 13.1 Å². The lowest BCUT2D eigenvalue weighted by atomic mass is 9.94. The first-order chi connectivity index (χ1) is 18.0. The van der Waals surface area contributed by atoms with Crippen molar-refractivity contribution in [2.45, 2.75) is 65.3 Å². The maximum absolute atomic E-state index is 13.1. The molecular formula is C28H37N3O7. The van der Waals surface area contributed by atoms with Gasteiger partial charge in [0.25, 0.3) is 5.91 Å². The number of aliphatic hydroxyl groups excluding tert-OH is 2. The lowest BCUT2D eigenvalue weighted by molar-refractivity contribution is -0.149. The van der Waals surface area contributed by atoms with Crippen LogP contribution in [0.4, 0.5) is 0 Å². The Balaban J connectivity index is 1.86. The van der Waals surface area contributed by atoms with E-state index in [2.05, 4.69) is 10.3 Å². The number of carbonyl (C=O) groups excluding carboxylic acids is 3. The largest absolute Gasteiger partial charge is 0.457 e. The van der Waals surface area contributed by atoms with Crippen LogP contribution in [0.2, 0.25) is 0 Å². The van der Waals surface area contributed by atoms with Crippen LogP contribution < -0.4 is 5.32 Å². The summed E-state index contributed by atoms with van der Waals surface area (Å²) in [5.41, 5.74) is 0.909. The number of cyclic esters (lactones) is 1. The van der Waals surface area contributed by atoms with Crippen molar-refractivity contribution in [1.29, 1.82) is 0 Å². The van der Waals surface area contributed by atoms with Crippen LogP contribution in [0.3, 0.4) is 0 Å². The standard InChI is InChI=1S/C28H37N3O7/c1-17(2)26-19(4)9-10-24(34)29-11-5-7-18(3)13-20(32)14-21(33)15-25-30-22(16-37-25)27(35)31-12-6-8-23(31)28(36)38-26/h5,7-10,13,16-17,19-21,26,32-33H,6,11-12,14-15H2,1-4H3,(H,29,34)/b7-5-,10-9-,18-13-/t19-,20-,21+,26-/m1/s1. The number of esters is 1. The van der Waals surface area contributed by atoms with Gasteiger partial charge in [-0.25, -0.2) is 9.78 Å². The number of oxazole rings is 1. The van der Waals surface area contributed by atoms with Crippen molar-refractivity contribution >= 4 is 17.8 Å². The summed E-state index contributed by atoms with van der Waals surface area (Å²) < 4.78 is 11.2. The average molecular weight is 528 g/mol. The molecule has 0 fully saturated rings. The summed E-state index contributed by atoms with van der Waals surface area (Å²) in [5.74, 6) is -1.58. The molecule has 38 heavy (non-hydrogen) atoms. The Morgan fingerprint density at radius 2 is 1.95 bits per heavy atom. The second-order valence-electron chi connectivity index (χ2n) is 10.0. The number of aromatic nitrogens is 1. The highest BCUT2D eigenvalue weighted by molar-refractivity contribution is 6.00. The minimum atomic E-state index is -0.959. The molecule has 0 saturated carbocycles. The predicted molar refractivity (Wildman–Crippen MR) is 140 cm³/mol. The molecule has 0 unspecified atom stereocenters. The van der Waals surface area contributed by atoms with Crippen LogP contribution in [-0.4, -0.2) is 69.3 Å². The molecule has 0 aromatic carbocycles. The first kappa shape index (κ1) is 29.1. The van der Waals surface area contributed by atoms with E-state index < -0.39 is 30.2 Å². The van der Waals surface area contributed by atoms with Crippen LogP contribution >= 0.6 is 0 Å². The van der Waals surface area contributed by atoms with Gasteiger partial charge in [0.05, 0.1) is 18.6 Å². The molecule has 3 heterocycles. The normalized spacial score (nSPS) is 29.6. The van der Waals surface area contributed by atoms with Gasteiger partial charge in [-0.05, 0) is 25.3 Å². The molecular weight excluding hydrogens is 490 g/mol. The number of rotatable bonds is 1. The van der Waals surface area contributed by atoms with Crippen molar-refractivity contribution < 1.29 is 33.8 Å². The maximum atomic E-state index is 13.1. The Morgan fingerprint density at radius 3 is 2.68 bits per heavy atom. The van der Waals surface area contributed by atoms with Gasteiger partial charge in [0.1, 0.15) is 18.1 Å². The van der Waals surface area contributed by atoms with Crippen molar-refractivity contribution in [3.05, 3.63) is 65.6 Å². The number of amides is 2. The van der Waals surface area contributed by atoms with E-state index in [9.17, 15) is 24.6 Å². The topological polar surface area (TPSA) is 142 Å². The summed E-state index contributed by atoms with van der Waals surface area (Å²) in [6.07, 6.45) is 9.22. The minimum Gasteiger partial charge on any atom is -0.457 e. The molecule has 0 aliphatic carbocycles. The molecule has 2 aliphatic heterocycles. The van der Waals surface area contributed by atoms with Crippen molar-refractivity contribution in [3.8, 4) is 0 Å². The molecule has 0 radical (unpaired) electrons.